The maximum Gasteiger partial charge on any atom is 0.408 e. The number of nitrogens with zero attached hydrogens (tertiary/aromatic N) is 2. The first kappa shape index (κ1) is 31.9. The van der Waals surface area contributed by atoms with E-state index in [2.05, 4.69) is 29.1 Å². The summed E-state index contributed by atoms with van der Waals surface area (Å²) in [6.07, 6.45) is 9.62. The number of hydrogen-bond donors (Lipinski definition) is 1. The summed E-state index contributed by atoms with van der Waals surface area (Å²) in [6, 6.07) is 4.64. The van der Waals surface area contributed by atoms with Crippen LogP contribution in [0, 0.1) is 5.82 Å². The van der Waals surface area contributed by atoms with Crippen molar-refractivity contribution in [3.05, 3.63) is 53.6 Å². The number of aromatic nitrogens is 2. The van der Waals surface area contributed by atoms with Crippen LogP contribution in [0.2, 0.25) is 0 Å². The molecule has 0 spiro atoms. The van der Waals surface area contributed by atoms with Crippen molar-refractivity contribution in [3.63, 3.8) is 0 Å². The zero-order chi connectivity index (χ0) is 30.4. The summed E-state index contributed by atoms with van der Waals surface area (Å²) in [6.45, 7) is 5.87. The van der Waals surface area contributed by atoms with E-state index in [1.165, 1.54) is 25.4 Å². The van der Waals surface area contributed by atoms with Gasteiger partial charge in [0.15, 0.2) is 17.9 Å². The van der Waals surface area contributed by atoms with Gasteiger partial charge in [0, 0.05) is 30.1 Å². The summed E-state index contributed by atoms with van der Waals surface area (Å²) in [4.78, 5) is 40.7. The molecule has 1 amide bonds. The minimum Gasteiger partial charge on any atom is -0.467 e. The minimum atomic E-state index is -1.09. The summed E-state index contributed by atoms with van der Waals surface area (Å²) in [5.41, 5.74) is 0.451. The van der Waals surface area contributed by atoms with Gasteiger partial charge in [0.2, 0.25) is 0 Å². The highest BCUT2D eigenvalue weighted by Crippen LogP contribution is 2.35. The van der Waals surface area contributed by atoms with Crippen LogP contribution in [0.5, 0.6) is 11.5 Å². The van der Waals surface area contributed by atoms with Crippen LogP contribution in [0.3, 0.4) is 0 Å². The lowest BCUT2D eigenvalue weighted by Gasteiger charge is -2.24. The van der Waals surface area contributed by atoms with Gasteiger partial charge < -0.3 is 28.8 Å². The Balaban J connectivity index is 1.79. The Labute approximate surface area is 240 Å². The number of pyridine rings is 1. The number of benzene rings is 1. The van der Waals surface area contributed by atoms with E-state index in [1.807, 2.05) is 0 Å². The highest BCUT2D eigenvalue weighted by molar-refractivity contribution is 8.32. The Morgan fingerprint density at radius 1 is 1.17 bits per heavy atom. The summed E-state index contributed by atoms with van der Waals surface area (Å²) < 4.78 is 38.6. The largest absolute Gasteiger partial charge is 0.467 e. The molecule has 0 fully saturated rings. The first-order valence-electron chi connectivity index (χ1n) is 12.9. The number of nitrogens with one attached hydrogen (secondary N) is 1. The van der Waals surface area contributed by atoms with Crippen molar-refractivity contribution in [3.8, 4) is 11.5 Å². The molecule has 1 N–H and O–H groups in total. The molecule has 0 aliphatic heterocycles. The van der Waals surface area contributed by atoms with E-state index in [4.69, 9.17) is 18.9 Å². The molecule has 2 heterocycles. The molecular weight excluding hydrogens is 553 g/mol. The number of fused-ring (bicyclic) bond motifs is 1. The van der Waals surface area contributed by atoms with Gasteiger partial charge in [-0.15, -0.1) is 0 Å². The van der Waals surface area contributed by atoms with E-state index in [0.29, 0.717) is 35.1 Å². The summed E-state index contributed by atoms with van der Waals surface area (Å²) in [7, 11) is 0.491. The molecule has 0 saturated heterocycles. The SMILES string of the molecule is COC(=O)[C@H](Cc1ccc(Oc2ccnc3c2c(C=O)cn3COCCS(C)(C)C)c(F)c1)NC(=O)OC(C)(C)C. The van der Waals surface area contributed by atoms with Gasteiger partial charge in [0.25, 0.3) is 0 Å². The Bertz CT molecular complexity index is 1400. The molecule has 0 radical (unpaired) electrons. The van der Waals surface area contributed by atoms with Gasteiger partial charge in [0.1, 0.15) is 29.8 Å². The van der Waals surface area contributed by atoms with E-state index >= 15 is 4.39 Å². The Kier molecular flexibility index (Phi) is 10.4. The van der Waals surface area contributed by atoms with Crippen molar-refractivity contribution in [2.45, 2.75) is 45.6 Å². The van der Waals surface area contributed by atoms with Crippen LogP contribution in [0.15, 0.2) is 36.7 Å². The summed E-state index contributed by atoms with van der Waals surface area (Å²) >= 11 is 0. The number of alkyl carbamates (subject to hydrolysis) is 1. The monoisotopic (exact) mass is 591 g/mol. The number of hydrogen-bond acceptors (Lipinski definition) is 8. The van der Waals surface area contributed by atoms with Crippen molar-refractivity contribution in [1.82, 2.24) is 14.9 Å². The predicted molar refractivity (Wildman–Crippen MR) is 157 cm³/mol. The van der Waals surface area contributed by atoms with Crippen molar-refractivity contribution in [2.24, 2.45) is 0 Å². The number of ether oxygens (including phenoxy) is 4. The lowest BCUT2D eigenvalue weighted by molar-refractivity contribution is -0.143. The van der Waals surface area contributed by atoms with Gasteiger partial charge in [-0.25, -0.2) is 29.0 Å². The van der Waals surface area contributed by atoms with Crippen LogP contribution in [0.1, 0.15) is 36.7 Å². The van der Waals surface area contributed by atoms with Crippen molar-refractivity contribution >= 4 is 39.4 Å². The Morgan fingerprint density at radius 2 is 1.90 bits per heavy atom. The van der Waals surface area contributed by atoms with Gasteiger partial charge in [-0.05, 0) is 63.3 Å². The lowest BCUT2D eigenvalue weighted by Crippen LogP contribution is -2.45. The van der Waals surface area contributed by atoms with E-state index < -0.39 is 39.6 Å². The highest BCUT2D eigenvalue weighted by Gasteiger charge is 2.26. The molecule has 10 nitrogen and oxygen atoms in total. The zero-order valence-electron chi connectivity index (χ0n) is 24.5. The fourth-order valence-corrected chi connectivity index (χ4v) is 4.47. The molecule has 1 atom stereocenters. The Morgan fingerprint density at radius 3 is 2.51 bits per heavy atom. The maximum absolute atomic E-state index is 15.2. The second kappa shape index (κ2) is 13.3. The predicted octanol–water partition coefficient (Wildman–Crippen LogP) is 5.06. The fraction of sp³-hybridized carbons (Fsp3) is 0.448. The number of methoxy groups -OCH3 is 1. The average molecular weight is 592 g/mol. The maximum atomic E-state index is 15.2. The third kappa shape index (κ3) is 9.19. The second-order valence-corrected chi connectivity index (χ2v) is 15.9. The Hall–Kier alpha value is -3.64. The molecule has 0 unspecified atom stereocenters. The first-order valence-corrected chi connectivity index (χ1v) is 15.9. The molecule has 41 heavy (non-hydrogen) atoms. The van der Waals surface area contributed by atoms with E-state index in [9.17, 15) is 14.4 Å². The third-order valence-electron chi connectivity index (χ3n) is 5.78. The van der Waals surface area contributed by atoms with Crippen LogP contribution in [-0.2, 0) is 32.2 Å². The van der Waals surface area contributed by atoms with Crippen LogP contribution in [0.4, 0.5) is 9.18 Å². The molecule has 0 bridgehead atoms. The van der Waals surface area contributed by atoms with Crippen LogP contribution in [0.25, 0.3) is 11.0 Å². The summed E-state index contributed by atoms with van der Waals surface area (Å²) in [5, 5.41) is 2.90. The van der Waals surface area contributed by atoms with Crippen LogP contribution >= 0.6 is 10.0 Å². The average Bonchev–Trinajstić information content (AvgIpc) is 3.24. The van der Waals surface area contributed by atoms with Crippen molar-refractivity contribution in [2.75, 3.05) is 38.2 Å². The lowest BCUT2D eigenvalue weighted by atomic mass is 10.1. The smallest absolute Gasteiger partial charge is 0.408 e. The third-order valence-corrected chi connectivity index (χ3v) is 7.17. The molecular formula is C29H38FN3O7S. The van der Waals surface area contributed by atoms with Gasteiger partial charge in [-0.2, -0.15) is 0 Å². The van der Waals surface area contributed by atoms with Crippen LogP contribution < -0.4 is 10.1 Å². The van der Waals surface area contributed by atoms with E-state index in [1.54, 1.807) is 43.7 Å². The summed E-state index contributed by atoms with van der Waals surface area (Å²) in [5.74, 6) is -0.300. The number of carbonyl (C=O) groups excluding carboxylic acids is 3. The molecule has 0 saturated carbocycles. The molecule has 224 valence electrons. The number of rotatable bonds is 12. The van der Waals surface area contributed by atoms with E-state index in [0.717, 1.165) is 5.75 Å². The van der Waals surface area contributed by atoms with Crippen molar-refractivity contribution in [1.29, 1.82) is 0 Å². The molecule has 3 aromatic rings. The number of esters is 1. The molecule has 3 rings (SSSR count). The van der Waals surface area contributed by atoms with Gasteiger partial charge in [-0.3, -0.25) is 4.79 Å². The second-order valence-electron chi connectivity index (χ2n) is 11.3. The molecule has 2 aromatic heterocycles. The molecule has 0 aliphatic rings. The molecule has 12 heteroatoms. The number of halogens is 1. The number of carbonyl (C=O) groups is 3. The topological polar surface area (TPSA) is 118 Å². The molecule has 1 aromatic carbocycles. The van der Waals surface area contributed by atoms with Crippen molar-refractivity contribution < 1.29 is 37.7 Å². The standard InChI is InChI=1S/C29H38FN3O7S/c1-29(2,3)40-28(36)32-22(27(35)37-4)15-19-8-9-23(21(30)14-19)39-24-10-11-31-26-25(24)20(17-34)16-33(26)18-38-12-13-41(5,6)7/h8-11,14,16-17,22H,12-13,15,18H2,1-7H3,(H,32,36)/t22-/m0/s1. The van der Waals surface area contributed by atoms with Gasteiger partial charge in [0.05, 0.1) is 19.1 Å². The van der Waals surface area contributed by atoms with Crippen LogP contribution in [-0.4, -0.2) is 77.8 Å². The van der Waals surface area contributed by atoms with Gasteiger partial charge >= 0.3 is 12.1 Å². The quantitative estimate of drug-likeness (QED) is 0.177. The minimum absolute atomic E-state index is 0.0442. The highest BCUT2D eigenvalue weighted by atomic mass is 32.3. The number of amides is 1. The normalized spacial score (nSPS) is 13.0. The first-order chi connectivity index (χ1) is 19.2. The zero-order valence-corrected chi connectivity index (χ0v) is 25.3. The number of aldehydes is 1. The van der Waals surface area contributed by atoms with Gasteiger partial charge in [-0.1, -0.05) is 6.07 Å². The van der Waals surface area contributed by atoms with E-state index in [-0.39, 0.29) is 24.7 Å². The fourth-order valence-electron chi connectivity index (χ4n) is 3.85. The molecule has 0 aliphatic carbocycles.